The van der Waals surface area contributed by atoms with E-state index in [4.69, 9.17) is 9.31 Å². The lowest BCUT2D eigenvalue weighted by Gasteiger charge is -2.31. The van der Waals surface area contributed by atoms with Crippen LogP contribution in [0.3, 0.4) is 0 Å². The second-order valence-corrected chi connectivity index (χ2v) is 7.32. The van der Waals surface area contributed by atoms with Gasteiger partial charge in [0.25, 0.3) is 0 Å². The molecular weight excluding hydrogens is 251 g/mol. The number of amidine groups is 1. The van der Waals surface area contributed by atoms with E-state index >= 15 is 0 Å². The van der Waals surface area contributed by atoms with E-state index in [1.165, 1.54) is 51.0 Å². The number of nitrogens with zero attached hydrogens (tertiary/aromatic N) is 2. The number of hydrogen-bond donors (Lipinski definition) is 0. The smallest absolute Gasteiger partial charge is 0.362 e. The van der Waals surface area contributed by atoms with Crippen molar-refractivity contribution < 1.29 is 13.8 Å². The minimum atomic E-state index is -0.245. The van der Waals surface area contributed by atoms with Crippen LogP contribution in [0.5, 0.6) is 0 Å². The summed E-state index contributed by atoms with van der Waals surface area (Å²) in [7, 11) is -0.212. The predicted molar refractivity (Wildman–Crippen MR) is 80.9 cm³/mol. The zero-order valence-electron chi connectivity index (χ0n) is 13.4. The molecule has 20 heavy (non-hydrogen) atoms. The Labute approximate surface area is 123 Å². The molecule has 0 spiro atoms. The predicted octanol–water partition coefficient (Wildman–Crippen LogP) is 2.27. The molecule has 0 N–H and O–H groups in total. The lowest BCUT2D eigenvalue weighted by Crippen LogP contribution is -2.50. The summed E-state index contributed by atoms with van der Waals surface area (Å²) in [5.41, 5.74) is -0.490. The van der Waals surface area contributed by atoms with Crippen molar-refractivity contribution >= 4 is 13.1 Å². The molecule has 4 nitrogen and oxygen atoms in total. The van der Waals surface area contributed by atoms with Crippen LogP contribution in [0.4, 0.5) is 0 Å². The summed E-state index contributed by atoms with van der Waals surface area (Å²) in [6.07, 6.45) is 6.33. The summed E-state index contributed by atoms with van der Waals surface area (Å²) in [5, 5.41) is 0. The monoisotopic (exact) mass is 279 g/mol. The van der Waals surface area contributed by atoms with Crippen molar-refractivity contribution in [3.05, 3.63) is 0 Å². The average Bonchev–Trinajstić information content (AvgIpc) is 2.57. The quantitative estimate of drug-likeness (QED) is 0.688. The molecule has 0 radical (unpaired) electrons. The third-order valence-corrected chi connectivity index (χ3v) is 5.35. The molecule has 0 aromatic carbocycles. The van der Waals surface area contributed by atoms with Crippen LogP contribution in [0.2, 0.25) is 0 Å². The van der Waals surface area contributed by atoms with Gasteiger partial charge >= 0.3 is 7.25 Å². The fraction of sp³-hybridized carbons (Fsp3) is 0.933. The van der Waals surface area contributed by atoms with Crippen molar-refractivity contribution in [2.24, 2.45) is 0 Å². The Kier molecular flexibility index (Phi) is 3.62. The maximum absolute atomic E-state index is 6.25. The largest absolute Gasteiger partial charge is 0.721 e. The maximum atomic E-state index is 6.25. The molecular formula is C15H28BN2O2+. The van der Waals surface area contributed by atoms with Gasteiger partial charge < -0.3 is 9.31 Å². The molecule has 0 aromatic heterocycles. The van der Waals surface area contributed by atoms with Crippen molar-refractivity contribution in [1.29, 1.82) is 0 Å². The summed E-state index contributed by atoms with van der Waals surface area (Å²) < 4.78 is 14.9. The molecule has 3 aliphatic rings. The normalized spacial score (nSPS) is 29.4. The van der Waals surface area contributed by atoms with Gasteiger partial charge in [-0.2, -0.15) is 0 Å². The number of rotatable bonds is 1. The van der Waals surface area contributed by atoms with Gasteiger partial charge in [0.05, 0.1) is 30.8 Å². The molecule has 3 rings (SSSR count). The lowest BCUT2D eigenvalue weighted by atomic mass is 9.90. The first kappa shape index (κ1) is 14.4. The van der Waals surface area contributed by atoms with Crippen molar-refractivity contribution in [2.45, 2.75) is 71.0 Å². The molecule has 2 saturated heterocycles. The summed E-state index contributed by atoms with van der Waals surface area (Å²) in [6.45, 7) is 12.0. The van der Waals surface area contributed by atoms with Gasteiger partial charge in [0.1, 0.15) is 0 Å². The topological polar surface area (TPSA) is 24.7 Å². The summed E-state index contributed by atoms with van der Waals surface area (Å²) in [5.74, 6) is 1.45. The van der Waals surface area contributed by atoms with Crippen molar-refractivity contribution in [2.75, 3.05) is 19.6 Å². The van der Waals surface area contributed by atoms with E-state index in [1.807, 2.05) is 0 Å². The molecule has 0 amide bonds. The molecule has 0 saturated carbocycles. The highest BCUT2D eigenvalue weighted by atomic mass is 16.7. The van der Waals surface area contributed by atoms with Crippen LogP contribution in [0, 0.1) is 0 Å². The van der Waals surface area contributed by atoms with Gasteiger partial charge in [0.15, 0.2) is 0 Å². The van der Waals surface area contributed by atoms with Crippen LogP contribution >= 0.6 is 0 Å². The standard InChI is InChI=1S/C15H28BN2O2/c1-14(2)15(3,4)20-16(19-14)18-12-8-11-17-10-7-5-6-9-13(17)18/h5-12H2,1-4H3/q+1. The van der Waals surface area contributed by atoms with Crippen molar-refractivity contribution in [3.8, 4) is 0 Å². The SMILES string of the molecule is CC1(C)OB([N+]2=C3CCCCCN3CCC2)OC1(C)C. The van der Waals surface area contributed by atoms with Crippen LogP contribution in [0.25, 0.3) is 0 Å². The number of fused-ring (bicyclic) bond motifs is 1. The molecule has 3 aliphatic heterocycles. The maximum Gasteiger partial charge on any atom is 0.721 e. The Morgan fingerprint density at radius 1 is 0.950 bits per heavy atom. The van der Waals surface area contributed by atoms with Crippen LogP contribution in [0.1, 0.15) is 59.8 Å². The molecule has 0 unspecified atom stereocenters. The molecule has 2 fully saturated rings. The Balaban J connectivity index is 1.88. The molecule has 3 heterocycles. The van der Waals surface area contributed by atoms with Crippen LogP contribution in [-0.2, 0) is 9.31 Å². The first-order chi connectivity index (χ1) is 9.41. The number of hydrogen-bond acceptors (Lipinski definition) is 3. The second-order valence-electron chi connectivity index (χ2n) is 7.32. The Morgan fingerprint density at radius 3 is 2.30 bits per heavy atom. The van der Waals surface area contributed by atoms with Gasteiger partial charge in [-0.05, 0) is 47.0 Å². The first-order valence-corrected chi connectivity index (χ1v) is 8.14. The molecule has 0 aromatic rings. The van der Waals surface area contributed by atoms with Crippen LogP contribution in [-0.4, -0.2) is 53.3 Å². The minimum Gasteiger partial charge on any atom is -0.362 e. The molecule has 0 atom stereocenters. The fourth-order valence-electron chi connectivity index (χ4n) is 3.34. The summed E-state index contributed by atoms with van der Waals surface area (Å²) >= 11 is 0. The van der Waals surface area contributed by atoms with E-state index < -0.39 is 0 Å². The van der Waals surface area contributed by atoms with Gasteiger partial charge in [0, 0.05) is 12.8 Å². The Bertz CT molecular complexity index is 404. The zero-order valence-corrected chi connectivity index (χ0v) is 13.4. The van der Waals surface area contributed by atoms with E-state index in [2.05, 4.69) is 37.1 Å². The molecule has 0 bridgehead atoms. The first-order valence-electron chi connectivity index (χ1n) is 8.14. The van der Waals surface area contributed by atoms with E-state index in [1.54, 1.807) is 0 Å². The van der Waals surface area contributed by atoms with E-state index in [0.717, 1.165) is 6.54 Å². The molecule has 5 heteroatoms. The van der Waals surface area contributed by atoms with Gasteiger partial charge in [0.2, 0.25) is 5.84 Å². The fourth-order valence-corrected chi connectivity index (χ4v) is 3.34. The zero-order chi connectivity index (χ0) is 14.4. The Morgan fingerprint density at radius 2 is 1.60 bits per heavy atom. The summed E-state index contributed by atoms with van der Waals surface area (Å²) in [4.78, 5) is 2.56. The third-order valence-electron chi connectivity index (χ3n) is 5.35. The van der Waals surface area contributed by atoms with Crippen LogP contribution < -0.4 is 0 Å². The van der Waals surface area contributed by atoms with Crippen molar-refractivity contribution in [3.63, 3.8) is 0 Å². The third kappa shape index (κ3) is 2.39. The van der Waals surface area contributed by atoms with E-state index in [9.17, 15) is 0 Å². The van der Waals surface area contributed by atoms with E-state index in [0.29, 0.717) is 0 Å². The van der Waals surface area contributed by atoms with Gasteiger partial charge in [-0.1, -0.05) is 0 Å². The van der Waals surface area contributed by atoms with Gasteiger partial charge in [-0.25, -0.2) is 0 Å². The molecule has 0 aliphatic carbocycles. The Hall–Kier alpha value is -0.545. The molecule has 112 valence electrons. The van der Waals surface area contributed by atoms with E-state index in [-0.39, 0.29) is 18.5 Å². The highest BCUT2D eigenvalue weighted by Gasteiger charge is 2.57. The second kappa shape index (κ2) is 5.02. The van der Waals surface area contributed by atoms with Gasteiger partial charge in [-0.3, -0.25) is 9.39 Å². The average molecular weight is 279 g/mol. The van der Waals surface area contributed by atoms with Crippen LogP contribution in [0.15, 0.2) is 0 Å². The van der Waals surface area contributed by atoms with Gasteiger partial charge in [-0.15, -0.1) is 0 Å². The lowest BCUT2D eigenvalue weighted by molar-refractivity contribution is -0.436. The highest BCUT2D eigenvalue weighted by molar-refractivity contribution is 6.37. The highest BCUT2D eigenvalue weighted by Crippen LogP contribution is 2.37. The minimum absolute atomic E-state index is 0.212. The summed E-state index contributed by atoms with van der Waals surface area (Å²) in [6, 6.07) is 0. The van der Waals surface area contributed by atoms with Crippen molar-refractivity contribution in [1.82, 2.24) is 4.90 Å².